The number of phenolic OH excluding ortho intramolecular Hbond substituents is 1. The van der Waals surface area contributed by atoms with Gasteiger partial charge in [-0.2, -0.15) is 5.26 Å². The molecule has 2 aromatic carbocycles. The van der Waals surface area contributed by atoms with Crippen molar-refractivity contribution >= 4 is 16.7 Å². The Morgan fingerprint density at radius 1 is 1.37 bits per heavy atom. The molecule has 0 radical (unpaired) electrons. The SMILES string of the molecule is N#CC(Cc1c([O-])ccc2ccc(O)cc12)C(=O)O. The first-order chi connectivity index (χ1) is 9.02. The Morgan fingerprint density at radius 2 is 2.05 bits per heavy atom. The van der Waals surface area contributed by atoms with Crippen molar-refractivity contribution in [3.63, 3.8) is 0 Å². The summed E-state index contributed by atoms with van der Waals surface area (Å²) in [5.74, 6) is -2.89. The van der Waals surface area contributed by atoms with E-state index in [1.807, 2.05) is 0 Å². The molecule has 0 bridgehead atoms. The van der Waals surface area contributed by atoms with E-state index in [1.165, 1.54) is 18.2 Å². The summed E-state index contributed by atoms with van der Waals surface area (Å²) in [6, 6.07) is 9.12. The molecule has 0 aliphatic heterocycles. The van der Waals surface area contributed by atoms with Gasteiger partial charge in [0.1, 0.15) is 11.7 Å². The minimum atomic E-state index is -1.28. The van der Waals surface area contributed by atoms with Crippen molar-refractivity contribution in [3.8, 4) is 17.6 Å². The van der Waals surface area contributed by atoms with Gasteiger partial charge in [0.25, 0.3) is 0 Å². The average molecular weight is 256 g/mol. The third kappa shape index (κ3) is 2.43. The van der Waals surface area contributed by atoms with E-state index in [0.717, 1.165) is 5.39 Å². The first-order valence-corrected chi connectivity index (χ1v) is 5.57. The van der Waals surface area contributed by atoms with Gasteiger partial charge in [-0.25, -0.2) is 0 Å². The van der Waals surface area contributed by atoms with Gasteiger partial charge in [0, 0.05) is 0 Å². The van der Waals surface area contributed by atoms with E-state index in [-0.39, 0.29) is 23.5 Å². The van der Waals surface area contributed by atoms with E-state index in [9.17, 15) is 15.0 Å². The zero-order valence-electron chi connectivity index (χ0n) is 9.83. The molecule has 0 spiro atoms. The van der Waals surface area contributed by atoms with E-state index >= 15 is 0 Å². The van der Waals surface area contributed by atoms with Crippen LogP contribution in [0.3, 0.4) is 0 Å². The van der Waals surface area contributed by atoms with Crippen molar-refractivity contribution in [1.29, 1.82) is 5.26 Å². The number of nitrogens with zero attached hydrogens (tertiary/aromatic N) is 1. The smallest absolute Gasteiger partial charge is 0.321 e. The lowest BCUT2D eigenvalue weighted by Gasteiger charge is -2.17. The highest BCUT2D eigenvalue weighted by molar-refractivity contribution is 5.89. The van der Waals surface area contributed by atoms with Crippen molar-refractivity contribution < 1.29 is 20.1 Å². The maximum Gasteiger partial charge on any atom is 0.321 e. The molecular weight excluding hydrogens is 246 g/mol. The Kier molecular flexibility index (Phi) is 3.25. The summed E-state index contributed by atoms with van der Waals surface area (Å²) in [5, 5.41) is 40.2. The van der Waals surface area contributed by atoms with Crippen molar-refractivity contribution in [2.24, 2.45) is 5.92 Å². The number of fused-ring (bicyclic) bond motifs is 1. The van der Waals surface area contributed by atoms with Crippen LogP contribution in [0.1, 0.15) is 5.56 Å². The van der Waals surface area contributed by atoms with Gasteiger partial charge in [-0.3, -0.25) is 4.79 Å². The van der Waals surface area contributed by atoms with Crippen LogP contribution in [0.2, 0.25) is 0 Å². The van der Waals surface area contributed by atoms with Crippen LogP contribution in [0.5, 0.6) is 11.5 Å². The third-order valence-electron chi connectivity index (χ3n) is 2.94. The number of phenols is 1. The molecule has 0 aliphatic rings. The molecule has 5 nitrogen and oxygen atoms in total. The number of carbonyl (C=O) groups is 1. The van der Waals surface area contributed by atoms with E-state index in [4.69, 9.17) is 10.4 Å². The van der Waals surface area contributed by atoms with Gasteiger partial charge in [0.2, 0.25) is 0 Å². The first kappa shape index (κ1) is 12.7. The predicted octanol–water partition coefficient (Wildman–Crippen LogP) is 1.39. The van der Waals surface area contributed by atoms with Gasteiger partial charge >= 0.3 is 5.97 Å². The summed E-state index contributed by atoms with van der Waals surface area (Å²) >= 11 is 0. The number of carboxylic acid groups (broad SMARTS) is 1. The second-order valence-corrected chi connectivity index (χ2v) is 4.17. The maximum atomic E-state index is 11.8. The number of aliphatic carboxylic acids is 1. The van der Waals surface area contributed by atoms with Crippen molar-refractivity contribution in [1.82, 2.24) is 0 Å². The molecule has 2 N–H and O–H groups in total. The van der Waals surface area contributed by atoms with Gasteiger partial charge in [0.15, 0.2) is 0 Å². The third-order valence-corrected chi connectivity index (χ3v) is 2.94. The Hall–Kier alpha value is -2.74. The van der Waals surface area contributed by atoms with E-state index in [1.54, 1.807) is 18.2 Å². The van der Waals surface area contributed by atoms with Gasteiger partial charge in [0.05, 0.1) is 6.07 Å². The first-order valence-electron chi connectivity index (χ1n) is 5.57. The van der Waals surface area contributed by atoms with Crippen LogP contribution in [-0.2, 0) is 11.2 Å². The van der Waals surface area contributed by atoms with Crippen LogP contribution in [0.25, 0.3) is 10.8 Å². The molecule has 0 heterocycles. The number of benzene rings is 2. The lowest BCUT2D eigenvalue weighted by Crippen LogP contribution is -2.15. The van der Waals surface area contributed by atoms with Crippen LogP contribution in [0.15, 0.2) is 30.3 Å². The number of hydrogen-bond donors (Lipinski definition) is 2. The number of rotatable bonds is 3. The van der Waals surface area contributed by atoms with E-state index in [2.05, 4.69) is 0 Å². The van der Waals surface area contributed by atoms with Crippen LogP contribution in [0.4, 0.5) is 0 Å². The Bertz CT molecular complexity index is 682. The van der Waals surface area contributed by atoms with Crippen LogP contribution >= 0.6 is 0 Å². The summed E-state index contributed by atoms with van der Waals surface area (Å²) in [4.78, 5) is 10.9. The molecular formula is C14H10NO4-. The fraction of sp³-hybridized carbons (Fsp3) is 0.143. The fourth-order valence-corrected chi connectivity index (χ4v) is 1.95. The number of hydrogen-bond acceptors (Lipinski definition) is 4. The maximum absolute atomic E-state index is 11.8. The largest absolute Gasteiger partial charge is 0.872 e. The predicted molar refractivity (Wildman–Crippen MR) is 65.5 cm³/mol. The van der Waals surface area contributed by atoms with E-state index in [0.29, 0.717) is 5.39 Å². The van der Waals surface area contributed by atoms with Gasteiger partial charge in [-0.1, -0.05) is 18.2 Å². The Balaban J connectivity index is 2.58. The fourth-order valence-electron chi connectivity index (χ4n) is 1.95. The highest BCUT2D eigenvalue weighted by Crippen LogP contribution is 2.30. The minimum Gasteiger partial charge on any atom is -0.872 e. The van der Waals surface area contributed by atoms with Crippen molar-refractivity contribution in [2.75, 3.05) is 0 Å². The molecule has 0 saturated carbocycles. The second kappa shape index (κ2) is 4.86. The minimum absolute atomic E-state index is 0.0109. The number of carboxylic acids is 1. The molecule has 0 amide bonds. The Labute approximate surface area is 109 Å². The van der Waals surface area contributed by atoms with E-state index < -0.39 is 11.9 Å². The van der Waals surface area contributed by atoms with Crippen molar-refractivity contribution in [3.05, 3.63) is 35.9 Å². The van der Waals surface area contributed by atoms with Crippen LogP contribution < -0.4 is 5.11 Å². The quantitative estimate of drug-likeness (QED) is 0.863. The zero-order valence-corrected chi connectivity index (χ0v) is 9.83. The standard InChI is InChI=1S/C14H11NO4/c15-7-9(14(18)19)5-12-11-6-10(16)3-1-8(11)2-4-13(12)17/h1-4,6,9,16-17H,5H2,(H,18,19)/p-1. The monoisotopic (exact) mass is 256 g/mol. The molecule has 1 atom stereocenters. The normalized spacial score (nSPS) is 11.9. The number of nitriles is 1. The molecule has 5 heteroatoms. The molecule has 0 saturated heterocycles. The highest BCUT2D eigenvalue weighted by Gasteiger charge is 2.18. The summed E-state index contributed by atoms with van der Waals surface area (Å²) in [6.45, 7) is 0. The molecule has 2 aromatic rings. The molecule has 0 aliphatic carbocycles. The number of aromatic hydroxyl groups is 1. The zero-order chi connectivity index (χ0) is 14.0. The molecule has 0 aromatic heterocycles. The summed E-state index contributed by atoms with van der Waals surface area (Å²) in [6.07, 6.45) is -0.175. The molecule has 19 heavy (non-hydrogen) atoms. The second-order valence-electron chi connectivity index (χ2n) is 4.17. The molecule has 1 unspecified atom stereocenters. The van der Waals surface area contributed by atoms with Gasteiger partial charge < -0.3 is 15.3 Å². The summed E-state index contributed by atoms with van der Waals surface area (Å²) in [7, 11) is 0. The van der Waals surface area contributed by atoms with Crippen LogP contribution in [-0.4, -0.2) is 16.2 Å². The van der Waals surface area contributed by atoms with Crippen molar-refractivity contribution in [2.45, 2.75) is 6.42 Å². The van der Waals surface area contributed by atoms with Gasteiger partial charge in [-0.15, -0.1) is 5.75 Å². The molecule has 0 fully saturated rings. The van der Waals surface area contributed by atoms with Gasteiger partial charge in [-0.05, 0) is 34.9 Å². The average Bonchev–Trinajstić information content (AvgIpc) is 2.37. The lowest BCUT2D eigenvalue weighted by atomic mass is 9.94. The topological polar surface area (TPSA) is 104 Å². The summed E-state index contributed by atoms with van der Waals surface area (Å²) in [5.41, 5.74) is 0.238. The lowest BCUT2D eigenvalue weighted by molar-refractivity contribution is -0.269. The summed E-state index contributed by atoms with van der Waals surface area (Å²) < 4.78 is 0. The van der Waals surface area contributed by atoms with Crippen LogP contribution in [0, 0.1) is 17.2 Å². The molecule has 96 valence electrons. The molecule has 2 rings (SSSR count). The Morgan fingerprint density at radius 3 is 2.68 bits per heavy atom. The highest BCUT2D eigenvalue weighted by atomic mass is 16.4.